The van der Waals surface area contributed by atoms with E-state index in [0.717, 1.165) is 6.92 Å². The molecule has 0 aromatic heterocycles. The molecule has 0 spiro atoms. The minimum absolute atomic E-state index is 0.128. The third-order valence-electron chi connectivity index (χ3n) is 2.30. The van der Waals surface area contributed by atoms with Crippen LogP contribution in [0.1, 0.15) is 12.5 Å². The van der Waals surface area contributed by atoms with Gasteiger partial charge in [0.05, 0.1) is 12.5 Å². The van der Waals surface area contributed by atoms with Crippen LogP contribution in [0.4, 0.5) is 8.78 Å². The van der Waals surface area contributed by atoms with Crippen molar-refractivity contribution in [3.63, 3.8) is 0 Å². The van der Waals surface area contributed by atoms with Crippen LogP contribution in [0, 0.1) is 5.92 Å². The average Bonchev–Trinajstić information content (AvgIpc) is 2.30. The number of amides is 1. The van der Waals surface area contributed by atoms with Crippen molar-refractivity contribution in [1.82, 2.24) is 5.06 Å². The normalized spacial score (nSPS) is 12.6. The number of hydrogen-bond donors (Lipinski definition) is 1. The van der Waals surface area contributed by atoms with E-state index < -0.39 is 18.3 Å². The van der Waals surface area contributed by atoms with Crippen molar-refractivity contribution >= 4 is 21.8 Å². The summed E-state index contributed by atoms with van der Waals surface area (Å²) in [5.41, 5.74) is 0.643. The summed E-state index contributed by atoms with van der Waals surface area (Å²) in [7, 11) is 0. The Bertz CT molecular complexity index is 401. The molecule has 0 saturated carbocycles. The molecular weight excluding hydrogens is 296 g/mol. The van der Waals surface area contributed by atoms with Crippen LogP contribution in [-0.2, 0) is 11.3 Å². The minimum atomic E-state index is -2.78. The van der Waals surface area contributed by atoms with Gasteiger partial charge in [0.1, 0.15) is 0 Å². The van der Waals surface area contributed by atoms with Crippen LogP contribution in [-0.4, -0.2) is 22.6 Å². The van der Waals surface area contributed by atoms with Crippen LogP contribution < -0.4 is 0 Å². The van der Waals surface area contributed by atoms with Gasteiger partial charge in [-0.2, -0.15) is 0 Å². The van der Waals surface area contributed by atoms with Crippen molar-refractivity contribution in [3.05, 3.63) is 34.3 Å². The third kappa shape index (κ3) is 3.74. The Kier molecular flexibility index (Phi) is 5.02. The van der Waals surface area contributed by atoms with Crippen LogP contribution in [0.3, 0.4) is 0 Å². The number of halogens is 3. The molecule has 17 heavy (non-hydrogen) atoms. The van der Waals surface area contributed by atoms with Crippen molar-refractivity contribution in [2.75, 3.05) is 0 Å². The number of nitrogens with zero attached hydrogens (tertiary/aromatic N) is 1. The van der Waals surface area contributed by atoms with Crippen LogP contribution in [0.2, 0.25) is 0 Å². The Morgan fingerprint density at radius 3 is 2.59 bits per heavy atom. The Hall–Kier alpha value is -1.01. The van der Waals surface area contributed by atoms with Crippen molar-refractivity contribution in [1.29, 1.82) is 0 Å². The van der Waals surface area contributed by atoms with E-state index in [4.69, 9.17) is 0 Å². The van der Waals surface area contributed by atoms with Gasteiger partial charge < -0.3 is 0 Å². The first-order valence-corrected chi connectivity index (χ1v) is 5.74. The maximum atomic E-state index is 12.3. The fraction of sp³-hybridized carbons (Fsp3) is 0.364. The van der Waals surface area contributed by atoms with Crippen molar-refractivity contribution in [3.8, 4) is 0 Å². The van der Waals surface area contributed by atoms with Crippen molar-refractivity contribution < 1.29 is 18.8 Å². The van der Waals surface area contributed by atoms with E-state index in [1.807, 2.05) is 0 Å². The number of benzene rings is 1. The van der Waals surface area contributed by atoms with Crippen LogP contribution in [0.5, 0.6) is 0 Å². The fourth-order valence-corrected chi connectivity index (χ4v) is 1.62. The monoisotopic (exact) mass is 307 g/mol. The highest BCUT2D eigenvalue weighted by Gasteiger charge is 2.27. The van der Waals surface area contributed by atoms with Gasteiger partial charge in [0.2, 0.25) is 6.43 Å². The van der Waals surface area contributed by atoms with Gasteiger partial charge in [-0.05, 0) is 18.6 Å². The Morgan fingerprint density at radius 2 is 2.06 bits per heavy atom. The Morgan fingerprint density at radius 1 is 1.47 bits per heavy atom. The molecular formula is C11H12BrF2NO2. The molecule has 0 fully saturated rings. The van der Waals surface area contributed by atoms with Gasteiger partial charge in [0, 0.05) is 4.47 Å². The number of rotatable bonds is 4. The molecule has 0 heterocycles. The molecule has 6 heteroatoms. The molecule has 0 bridgehead atoms. The second kappa shape index (κ2) is 6.07. The zero-order valence-corrected chi connectivity index (χ0v) is 10.7. The molecule has 0 saturated heterocycles. The molecule has 0 aliphatic carbocycles. The van der Waals surface area contributed by atoms with E-state index in [0.29, 0.717) is 15.1 Å². The average molecular weight is 308 g/mol. The Labute approximate surface area is 106 Å². The smallest absolute Gasteiger partial charge is 0.254 e. The fourth-order valence-electron chi connectivity index (χ4n) is 1.21. The molecule has 3 nitrogen and oxygen atoms in total. The zero-order chi connectivity index (χ0) is 13.0. The van der Waals surface area contributed by atoms with Gasteiger partial charge in [-0.25, -0.2) is 13.8 Å². The first-order chi connectivity index (χ1) is 7.93. The molecule has 0 aliphatic heterocycles. The molecule has 1 rings (SSSR count). The lowest BCUT2D eigenvalue weighted by atomic mass is 10.1. The number of alkyl halides is 2. The van der Waals surface area contributed by atoms with Gasteiger partial charge in [-0.15, -0.1) is 0 Å². The van der Waals surface area contributed by atoms with E-state index in [2.05, 4.69) is 15.9 Å². The molecule has 1 N–H and O–H groups in total. The predicted octanol–water partition coefficient (Wildman–Crippen LogP) is 3.07. The van der Waals surface area contributed by atoms with Crippen molar-refractivity contribution in [2.45, 2.75) is 19.9 Å². The molecule has 1 aromatic carbocycles. The molecule has 1 aromatic rings. The van der Waals surface area contributed by atoms with Crippen molar-refractivity contribution in [2.24, 2.45) is 5.92 Å². The molecule has 94 valence electrons. The molecule has 1 atom stereocenters. The van der Waals surface area contributed by atoms with Gasteiger partial charge >= 0.3 is 0 Å². The van der Waals surface area contributed by atoms with Crippen LogP contribution in [0.25, 0.3) is 0 Å². The lowest BCUT2D eigenvalue weighted by molar-refractivity contribution is -0.176. The van der Waals surface area contributed by atoms with Crippen LogP contribution >= 0.6 is 15.9 Å². The summed E-state index contributed by atoms with van der Waals surface area (Å²) in [4.78, 5) is 11.4. The maximum absolute atomic E-state index is 12.3. The largest absolute Gasteiger partial charge is 0.286 e. The van der Waals surface area contributed by atoms with E-state index >= 15 is 0 Å². The van der Waals surface area contributed by atoms with Gasteiger partial charge in [0.15, 0.2) is 0 Å². The summed E-state index contributed by atoms with van der Waals surface area (Å²) >= 11 is 3.24. The maximum Gasteiger partial charge on any atom is 0.254 e. The highest BCUT2D eigenvalue weighted by molar-refractivity contribution is 9.10. The van der Waals surface area contributed by atoms with Gasteiger partial charge in [-0.3, -0.25) is 10.0 Å². The lowest BCUT2D eigenvalue weighted by Crippen LogP contribution is -2.34. The van der Waals surface area contributed by atoms with E-state index in [-0.39, 0.29) is 6.54 Å². The summed E-state index contributed by atoms with van der Waals surface area (Å²) in [6.45, 7) is 0.952. The third-order valence-corrected chi connectivity index (χ3v) is 3.07. The number of carbonyl (C=O) groups is 1. The summed E-state index contributed by atoms with van der Waals surface area (Å²) < 4.78 is 25.3. The highest BCUT2D eigenvalue weighted by Crippen LogP contribution is 2.19. The second-order valence-electron chi connectivity index (χ2n) is 3.61. The highest BCUT2D eigenvalue weighted by atomic mass is 79.9. The quantitative estimate of drug-likeness (QED) is 0.686. The second-order valence-corrected chi connectivity index (χ2v) is 4.46. The molecule has 1 amide bonds. The first kappa shape index (κ1) is 14.1. The molecule has 0 radical (unpaired) electrons. The van der Waals surface area contributed by atoms with Gasteiger partial charge in [-0.1, -0.05) is 34.1 Å². The predicted molar refractivity (Wildman–Crippen MR) is 61.6 cm³/mol. The first-order valence-electron chi connectivity index (χ1n) is 4.95. The number of hydrogen-bond acceptors (Lipinski definition) is 2. The number of carbonyl (C=O) groups excluding carboxylic acids is 1. The van der Waals surface area contributed by atoms with Gasteiger partial charge in [0.25, 0.3) is 5.91 Å². The number of hydroxylamine groups is 2. The topological polar surface area (TPSA) is 40.5 Å². The summed E-state index contributed by atoms with van der Waals surface area (Å²) in [5.74, 6) is -2.50. The van der Waals surface area contributed by atoms with E-state index in [9.17, 15) is 18.8 Å². The summed E-state index contributed by atoms with van der Waals surface area (Å²) in [6.07, 6.45) is -2.78. The summed E-state index contributed by atoms with van der Waals surface area (Å²) in [6, 6.07) is 6.94. The zero-order valence-electron chi connectivity index (χ0n) is 9.11. The van der Waals surface area contributed by atoms with E-state index in [1.54, 1.807) is 24.3 Å². The standard InChI is InChI=1S/C11H12BrF2NO2/c1-7(10(13)14)11(16)15(17)6-8-4-2-3-5-9(8)12/h2-5,7,10,17H,6H2,1H3. The lowest BCUT2D eigenvalue weighted by Gasteiger charge is -2.19. The van der Waals surface area contributed by atoms with Crippen LogP contribution in [0.15, 0.2) is 28.7 Å². The minimum Gasteiger partial charge on any atom is -0.286 e. The molecule has 0 aliphatic rings. The SMILES string of the molecule is CC(C(=O)N(O)Cc1ccccc1Br)C(F)F. The summed E-state index contributed by atoms with van der Waals surface area (Å²) in [5, 5.41) is 9.76. The molecule has 1 unspecified atom stereocenters. The Balaban J connectivity index is 2.70. The van der Waals surface area contributed by atoms with E-state index in [1.165, 1.54) is 0 Å².